The van der Waals surface area contributed by atoms with Crippen LogP contribution in [0.3, 0.4) is 0 Å². The summed E-state index contributed by atoms with van der Waals surface area (Å²) in [5.74, 6) is 0.642. The Kier molecular flexibility index (Phi) is 10.1. The van der Waals surface area contributed by atoms with Crippen LogP contribution in [0, 0.1) is 0 Å². The minimum atomic E-state index is -0.185. The monoisotopic (exact) mass is 908 g/mol. The van der Waals surface area contributed by atoms with Crippen molar-refractivity contribution in [3.05, 3.63) is 266 Å². The fourth-order valence-corrected chi connectivity index (χ4v) is 10.9. The van der Waals surface area contributed by atoms with Gasteiger partial charge < -0.3 is 4.90 Å². The van der Waals surface area contributed by atoms with Crippen LogP contribution in [-0.4, -0.2) is 14.5 Å². The third-order valence-electron chi connectivity index (χ3n) is 14.4. The molecule has 0 fully saturated rings. The van der Waals surface area contributed by atoms with Gasteiger partial charge >= 0.3 is 0 Å². The molecule has 13 rings (SSSR count). The van der Waals surface area contributed by atoms with Gasteiger partial charge in [0.1, 0.15) is 0 Å². The van der Waals surface area contributed by atoms with Crippen LogP contribution in [0.4, 0.5) is 17.1 Å². The lowest BCUT2D eigenvalue weighted by atomic mass is 9.82. The molecular formula is C67H48N4. The fraction of sp³-hybridized carbons (Fsp3) is 0.0448. The number of rotatable bonds is 9. The van der Waals surface area contributed by atoms with Crippen LogP contribution >= 0.6 is 0 Å². The van der Waals surface area contributed by atoms with Crippen molar-refractivity contribution in [3.63, 3.8) is 0 Å². The van der Waals surface area contributed by atoms with Gasteiger partial charge in [-0.2, -0.15) is 0 Å². The van der Waals surface area contributed by atoms with Crippen LogP contribution in [0.25, 0.3) is 94.8 Å². The number of para-hydroxylation sites is 1. The molecular weight excluding hydrogens is 861 g/mol. The van der Waals surface area contributed by atoms with Crippen molar-refractivity contribution in [3.8, 4) is 73.0 Å². The molecule has 336 valence electrons. The highest BCUT2D eigenvalue weighted by Crippen LogP contribution is 2.51. The highest BCUT2D eigenvalue weighted by Gasteiger charge is 2.36. The maximum absolute atomic E-state index is 5.39. The van der Waals surface area contributed by atoms with Crippen LogP contribution in [0.15, 0.2) is 255 Å². The van der Waals surface area contributed by atoms with Crippen LogP contribution in [-0.2, 0) is 5.41 Å². The third-order valence-corrected chi connectivity index (χ3v) is 14.4. The van der Waals surface area contributed by atoms with E-state index in [1.807, 2.05) is 12.1 Å². The molecule has 0 bridgehead atoms. The second-order valence-electron chi connectivity index (χ2n) is 19.0. The van der Waals surface area contributed by atoms with E-state index in [0.717, 1.165) is 72.7 Å². The average molecular weight is 909 g/mol. The van der Waals surface area contributed by atoms with E-state index in [4.69, 9.17) is 9.97 Å². The molecule has 0 saturated heterocycles. The van der Waals surface area contributed by atoms with E-state index in [-0.39, 0.29) is 5.41 Å². The molecule has 0 atom stereocenters. The Hall–Kier alpha value is -9.12. The number of anilines is 3. The number of fused-ring (bicyclic) bond motifs is 6. The summed E-state index contributed by atoms with van der Waals surface area (Å²) < 4.78 is 2.29. The summed E-state index contributed by atoms with van der Waals surface area (Å²) in [5, 5.41) is 2.32. The minimum Gasteiger partial charge on any atom is -0.310 e. The minimum absolute atomic E-state index is 0.185. The first kappa shape index (κ1) is 42.0. The second kappa shape index (κ2) is 17.1. The van der Waals surface area contributed by atoms with Gasteiger partial charge in [0, 0.05) is 44.3 Å². The number of aromatic nitrogens is 3. The Morgan fingerprint density at radius 2 is 0.803 bits per heavy atom. The van der Waals surface area contributed by atoms with Crippen molar-refractivity contribution in [2.75, 3.05) is 4.90 Å². The Morgan fingerprint density at radius 3 is 1.41 bits per heavy atom. The molecule has 4 nitrogen and oxygen atoms in total. The lowest BCUT2D eigenvalue weighted by Gasteiger charge is -2.28. The molecule has 2 aromatic heterocycles. The Morgan fingerprint density at radius 1 is 0.338 bits per heavy atom. The lowest BCUT2D eigenvalue weighted by molar-refractivity contribution is 0.661. The Balaban J connectivity index is 0.976. The summed E-state index contributed by atoms with van der Waals surface area (Å²) in [6, 6.07) is 91.5. The van der Waals surface area contributed by atoms with Crippen molar-refractivity contribution >= 4 is 38.9 Å². The van der Waals surface area contributed by atoms with Crippen LogP contribution in [0.2, 0.25) is 0 Å². The first-order chi connectivity index (χ1) is 35.0. The first-order valence-corrected chi connectivity index (χ1v) is 24.4. The molecule has 4 heteroatoms. The number of hydrogen-bond acceptors (Lipinski definition) is 3. The predicted molar refractivity (Wildman–Crippen MR) is 296 cm³/mol. The summed E-state index contributed by atoms with van der Waals surface area (Å²) >= 11 is 0. The van der Waals surface area contributed by atoms with E-state index in [1.54, 1.807) is 0 Å². The molecule has 1 aliphatic carbocycles. The molecule has 0 unspecified atom stereocenters. The smallest absolute Gasteiger partial charge is 0.235 e. The molecule has 0 amide bonds. The SMILES string of the molecule is CC1(C)c2ccccc2-c2cc3c4cc(-c5ccc(N(c6ccc(-c7ccccc7)cc6)c6ccccc6-c6ccccc6)cc5)ccc4n(-c4nc(-c5ccccc5)cc(-c5ccccc5)n4)c3cc21. The Labute approximate surface area is 414 Å². The summed E-state index contributed by atoms with van der Waals surface area (Å²) in [4.78, 5) is 13.2. The van der Waals surface area contributed by atoms with E-state index < -0.39 is 0 Å². The highest BCUT2D eigenvalue weighted by atomic mass is 15.2. The largest absolute Gasteiger partial charge is 0.310 e. The first-order valence-electron chi connectivity index (χ1n) is 24.4. The third kappa shape index (κ3) is 7.31. The molecule has 1 aliphatic rings. The quantitative estimate of drug-likeness (QED) is 0.145. The summed E-state index contributed by atoms with van der Waals surface area (Å²) in [6.07, 6.45) is 0. The molecule has 2 heterocycles. The number of benzene rings is 10. The molecule has 0 N–H and O–H groups in total. The van der Waals surface area contributed by atoms with E-state index in [2.05, 4.69) is 266 Å². The molecule has 0 aliphatic heterocycles. The number of nitrogens with zero attached hydrogens (tertiary/aromatic N) is 4. The van der Waals surface area contributed by atoms with Crippen LogP contribution < -0.4 is 4.90 Å². The molecule has 0 saturated carbocycles. The zero-order chi connectivity index (χ0) is 47.5. The van der Waals surface area contributed by atoms with Crippen molar-refractivity contribution in [1.29, 1.82) is 0 Å². The Bertz CT molecular complexity index is 3860. The average Bonchev–Trinajstić information content (AvgIpc) is 3.88. The highest BCUT2D eigenvalue weighted by molar-refractivity contribution is 6.12. The second-order valence-corrected chi connectivity index (χ2v) is 19.0. The zero-order valence-electron chi connectivity index (χ0n) is 39.5. The van der Waals surface area contributed by atoms with E-state index >= 15 is 0 Å². The van der Waals surface area contributed by atoms with Gasteiger partial charge in [-0.05, 0) is 111 Å². The zero-order valence-corrected chi connectivity index (χ0v) is 39.5. The fourth-order valence-electron chi connectivity index (χ4n) is 10.9. The van der Waals surface area contributed by atoms with Crippen molar-refractivity contribution in [1.82, 2.24) is 14.5 Å². The molecule has 10 aromatic carbocycles. The van der Waals surface area contributed by atoms with Crippen molar-refractivity contribution in [2.45, 2.75) is 19.3 Å². The van der Waals surface area contributed by atoms with E-state index in [0.29, 0.717) is 5.95 Å². The molecule has 0 spiro atoms. The van der Waals surface area contributed by atoms with E-state index in [1.165, 1.54) is 44.3 Å². The molecule has 0 radical (unpaired) electrons. The van der Waals surface area contributed by atoms with Crippen molar-refractivity contribution in [2.24, 2.45) is 0 Å². The molecule has 12 aromatic rings. The van der Waals surface area contributed by atoms with Crippen LogP contribution in [0.5, 0.6) is 0 Å². The normalized spacial score (nSPS) is 12.5. The summed E-state index contributed by atoms with van der Waals surface area (Å²) in [7, 11) is 0. The van der Waals surface area contributed by atoms with Gasteiger partial charge in [0.2, 0.25) is 5.95 Å². The maximum atomic E-state index is 5.39. The van der Waals surface area contributed by atoms with Gasteiger partial charge in [-0.25, -0.2) is 9.97 Å². The maximum Gasteiger partial charge on any atom is 0.235 e. The summed E-state index contributed by atoms with van der Waals surface area (Å²) in [6.45, 7) is 4.69. The lowest BCUT2D eigenvalue weighted by Crippen LogP contribution is -2.15. The van der Waals surface area contributed by atoms with Crippen LogP contribution in [0.1, 0.15) is 25.0 Å². The molecule has 71 heavy (non-hydrogen) atoms. The van der Waals surface area contributed by atoms with Gasteiger partial charge in [0.05, 0.1) is 28.1 Å². The van der Waals surface area contributed by atoms with Gasteiger partial charge in [0.25, 0.3) is 0 Å². The predicted octanol–water partition coefficient (Wildman–Crippen LogP) is 17.7. The van der Waals surface area contributed by atoms with Gasteiger partial charge in [-0.15, -0.1) is 0 Å². The topological polar surface area (TPSA) is 34.0 Å². The standard InChI is InChI=1S/C67H48N4/c1-67(2)59-29-17-15-28-55(59)56-42-58-57-41-51(35-40-64(57)71(65(58)43-60(56)67)66-68-61(49-23-11-5-12-24-49)44-62(69-66)50-25-13-6-14-26-50)47-33-38-53(39-34-47)70(52-36-31-46(32-37-52)45-19-7-3-8-20-45)63-30-18-16-27-54(63)48-21-9-4-10-22-48/h3-44H,1-2H3. The van der Waals surface area contributed by atoms with Gasteiger partial charge in [0.15, 0.2) is 0 Å². The van der Waals surface area contributed by atoms with E-state index in [9.17, 15) is 0 Å². The van der Waals surface area contributed by atoms with Gasteiger partial charge in [-0.3, -0.25) is 4.57 Å². The summed E-state index contributed by atoms with van der Waals surface area (Å²) in [5.41, 5.74) is 21.3. The van der Waals surface area contributed by atoms with Crippen molar-refractivity contribution < 1.29 is 0 Å². The van der Waals surface area contributed by atoms with Gasteiger partial charge in [-0.1, -0.05) is 208 Å². The number of hydrogen-bond donors (Lipinski definition) is 0.